The Kier molecular flexibility index (Phi) is 10.9. The predicted octanol–water partition coefficient (Wildman–Crippen LogP) is 1.61. The molecule has 102 valence electrons. The summed E-state index contributed by atoms with van der Waals surface area (Å²) in [5.41, 5.74) is 2.54. The molecule has 1 rings (SSSR count). The molecule has 0 bridgehead atoms. The maximum Gasteiger partial charge on any atom is 0.0537 e. The first-order chi connectivity index (χ1) is 7.11. The Bertz CT molecular complexity index is 300. The van der Waals surface area contributed by atoms with Crippen molar-refractivity contribution in [3.05, 3.63) is 17.5 Å². The lowest BCUT2D eigenvalue weighted by atomic mass is 10.2. The molecule has 1 aromatic heterocycles. The minimum absolute atomic E-state index is 0. The molecule has 0 spiro atoms. The van der Waals surface area contributed by atoms with Crippen LogP contribution in [0.25, 0.3) is 0 Å². The number of nitrogens with zero attached hydrogens (tertiary/aromatic N) is 3. The third kappa shape index (κ3) is 6.88. The molecule has 1 N–H and O–H groups in total. The molecular formula is C11H24Cl2N4. The summed E-state index contributed by atoms with van der Waals surface area (Å²) >= 11 is 0. The molecule has 4 nitrogen and oxygen atoms in total. The molecule has 0 aromatic carbocycles. The molecule has 1 heterocycles. The summed E-state index contributed by atoms with van der Waals surface area (Å²) in [6, 6.07) is 0. The van der Waals surface area contributed by atoms with E-state index in [1.807, 2.05) is 17.9 Å². The summed E-state index contributed by atoms with van der Waals surface area (Å²) in [6.07, 6.45) is 3.13. The Morgan fingerprint density at radius 2 is 2.00 bits per heavy atom. The lowest BCUT2D eigenvalue weighted by Crippen LogP contribution is -2.21. The minimum Gasteiger partial charge on any atom is -0.312 e. The largest absolute Gasteiger partial charge is 0.312 e. The van der Waals surface area contributed by atoms with Crippen LogP contribution in [-0.4, -0.2) is 41.9 Å². The van der Waals surface area contributed by atoms with Crippen molar-refractivity contribution in [2.24, 2.45) is 7.05 Å². The first kappa shape index (κ1) is 19.1. The van der Waals surface area contributed by atoms with Crippen LogP contribution in [0.15, 0.2) is 6.20 Å². The summed E-state index contributed by atoms with van der Waals surface area (Å²) in [6.45, 7) is 5.22. The van der Waals surface area contributed by atoms with Crippen LogP contribution in [0.2, 0.25) is 0 Å². The molecule has 0 aliphatic heterocycles. The van der Waals surface area contributed by atoms with Crippen molar-refractivity contribution in [1.82, 2.24) is 20.0 Å². The molecular weight excluding hydrogens is 259 g/mol. The van der Waals surface area contributed by atoms with E-state index in [-0.39, 0.29) is 24.8 Å². The van der Waals surface area contributed by atoms with Crippen molar-refractivity contribution < 1.29 is 0 Å². The van der Waals surface area contributed by atoms with Gasteiger partial charge < -0.3 is 10.2 Å². The maximum absolute atomic E-state index is 4.21. The van der Waals surface area contributed by atoms with Crippen LogP contribution in [0.1, 0.15) is 17.7 Å². The molecule has 6 heteroatoms. The summed E-state index contributed by atoms with van der Waals surface area (Å²) in [5, 5.41) is 7.64. The van der Waals surface area contributed by atoms with Gasteiger partial charge in [-0.1, -0.05) is 0 Å². The molecule has 0 radical (unpaired) electrons. The molecule has 0 saturated heterocycles. The number of rotatable bonds is 6. The van der Waals surface area contributed by atoms with Gasteiger partial charge in [-0.3, -0.25) is 4.68 Å². The fraction of sp³-hybridized carbons (Fsp3) is 0.727. The Balaban J connectivity index is 0. The van der Waals surface area contributed by atoms with Crippen LogP contribution in [0.5, 0.6) is 0 Å². The van der Waals surface area contributed by atoms with Crippen molar-refractivity contribution in [3.63, 3.8) is 0 Å². The van der Waals surface area contributed by atoms with Gasteiger partial charge in [0.25, 0.3) is 0 Å². The fourth-order valence-electron chi connectivity index (χ4n) is 1.46. The van der Waals surface area contributed by atoms with E-state index in [2.05, 4.69) is 36.3 Å². The highest BCUT2D eigenvalue weighted by Gasteiger charge is 2.01. The van der Waals surface area contributed by atoms with Crippen molar-refractivity contribution in [3.8, 4) is 0 Å². The van der Waals surface area contributed by atoms with Gasteiger partial charge in [-0.15, -0.1) is 24.8 Å². The van der Waals surface area contributed by atoms with Gasteiger partial charge in [0.1, 0.15) is 0 Å². The monoisotopic (exact) mass is 282 g/mol. The quantitative estimate of drug-likeness (QED) is 0.805. The van der Waals surface area contributed by atoms with Crippen molar-refractivity contribution in [2.45, 2.75) is 19.9 Å². The molecule has 0 saturated carbocycles. The third-order valence-electron chi connectivity index (χ3n) is 2.61. The predicted molar refractivity (Wildman–Crippen MR) is 77.3 cm³/mol. The third-order valence-corrected chi connectivity index (χ3v) is 2.61. The van der Waals surface area contributed by atoms with Crippen LogP contribution < -0.4 is 5.32 Å². The zero-order valence-electron chi connectivity index (χ0n) is 11.1. The van der Waals surface area contributed by atoms with E-state index in [0.29, 0.717) is 0 Å². The van der Waals surface area contributed by atoms with Crippen molar-refractivity contribution in [1.29, 1.82) is 0 Å². The molecule has 0 atom stereocenters. The molecule has 0 fully saturated rings. The van der Waals surface area contributed by atoms with Gasteiger partial charge >= 0.3 is 0 Å². The molecule has 1 aromatic rings. The Morgan fingerprint density at radius 1 is 1.35 bits per heavy atom. The van der Waals surface area contributed by atoms with Gasteiger partial charge in [-0.25, -0.2) is 0 Å². The first-order valence-corrected chi connectivity index (χ1v) is 5.44. The molecule has 0 amide bonds. The van der Waals surface area contributed by atoms with Crippen molar-refractivity contribution in [2.75, 3.05) is 27.2 Å². The van der Waals surface area contributed by atoms with E-state index in [0.717, 1.165) is 19.6 Å². The second-order valence-corrected chi connectivity index (χ2v) is 4.21. The lowest BCUT2D eigenvalue weighted by Gasteiger charge is -2.09. The fourth-order valence-corrected chi connectivity index (χ4v) is 1.46. The number of halogens is 2. The number of aryl methyl sites for hydroxylation is 1. The van der Waals surface area contributed by atoms with Gasteiger partial charge in [0.15, 0.2) is 0 Å². The highest BCUT2D eigenvalue weighted by molar-refractivity contribution is 5.85. The van der Waals surface area contributed by atoms with E-state index < -0.39 is 0 Å². The van der Waals surface area contributed by atoms with Gasteiger partial charge in [0.05, 0.1) is 6.20 Å². The van der Waals surface area contributed by atoms with Gasteiger partial charge in [0.2, 0.25) is 0 Å². The van der Waals surface area contributed by atoms with E-state index in [1.165, 1.54) is 17.7 Å². The minimum atomic E-state index is 0. The molecule has 0 unspecified atom stereocenters. The molecule has 0 aliphatic rings. The smallest absolute Gasteiger partial charge is 0.0537 e. The number of hydrogen-bond acceptors (Lipinski definition) is 3. The van der Waals surface area contributed by atoms with Crippen LogP contribution in [0.3, 0.4) is 0 Å². The van der Waals surface area contributed by atoms with E-state index in [1.54, 1.807) is 0 Å². The zero-order chi connectivity index (χ0) is 11.3. The zero-order valence-corrected chi connectivity index (χ0v) is 12.7. The van der Waals surface area contributed by atoms with Gasteiger partial charge in [-0.2, -0.15) is 5.10 Å². The van der Waals surface area contributed by atoms with Gasteiger partial charge in [-0.05, 0) is 40.5 Å². The van der Waals surface area contributed by atoms with E-state index in [4.69, 9.17) is 0 Å². The summed E-state index contributed by atoms with van der Waals surface area (Å²) < 4.78 is 1.91. The second kappa shape index (κ2) is 9.71. The standard InChI is InChI=1S/C11H22N4.2ClH/c1-10-11(9-13-15(10)4)8-12-6-5-7-14(2)3;;/h9,12H,5-8H2,1-4H3;2*1H. The van der Waals surface area contributed by atoms with E-state index in [9.17, 15) is 0 Å². The summed E-state index contributed by atoms with van der Waals surface area (Å²) in [5.74, 6) is 0. The SMILES string of the molecule is Cc1c(CNCCCN(C)C)cnn1C.Cl.Cl. The number of aromatic nitrogens is 2. The first-order valence-electron chi connectivity index (χ1n) is 5.44. The topological polar surface area (TPSA) is 33.1 Å². The average molecular weight is 283 g/mol. The Morgan fingerprint density at radius 3 is 2.47 bits per heavy atom. The van der Waals surface area contributed by atoms with Crippen LogP contribution in [-0.2, 0) is 13.6 Å². The summed E-state index contributed by atoms with van der Waals surface area (Å²) in [4.78, 5) is 2.21. The number of hydrogen-bond donors (Lipinski definition) is 1. The van der Waals surface area contributed by atoms with E-state index >= 15 is 0 Å². The highest BCUT2D eigenvalue weighted by Crippen LogP contribution is 2.04. The van der Waals surface area contributed by atoms with Crippen LogP contribution in [0, 0.1) is 6.92 Å². The van der Waals surface area contributed by atoms with Crippen LogP contribution in [0.4, 0.5) is 0 Å². The summed E-state index contributed by atoms with van der Waals surface area (Å²) in [7, 11) is 6.18. The average Bonchev–Trinajstić information content (AvgIpc) is 2.48. The second-order valence-electron chi connectivity index (χ2n) is 4.21. The van der Waals surface area contributed by atoms with Gasteiger partial charge in [0, 0.05) is 24.8 Å². The Labute approximate surface area is 117 Å². The molecule has 17 heavy (non-hydrogen) atoms. The highest BCUT2D eigenvalue weighted by atomic mass is 35.5. The van der Waals surface area contributed by atoms with Crippen molar-refractivity contribution >= 4 is 24.8 Å². The lowest BCUT2D eigenvalue weighted by molar-refractivity contribution is 0.394. The molecule has 0 aliphatic carbocycles. The Hall–Kier alpha value is -0.290. The number of nitrogens with one attached hydrogen (secondary N) is 1. The normalized spacial score (nSPS) is 9.94. The maximum atomic E-state index is 4.21. The van der Waals surface area contributed by atoms with Crippen LogP contribution >= 0.6 is 24.8 Å².